The number of ether oxygens (including phenoxy) is 1. The van der Waals surface area contributed by atoms with Gasteiger partial charge in [-0.2, -0.15) is 20.5 Å². The van der Waals surface area contributed by atoms with Crippen LogP contribution in [0.4, 0.5) is 0 Å². The first-order valence-electron chi connectivity index (χ1n) is 7.25. The summed E-state index contributed by atoms with van der Waals surface area (Å²) in [4.78, 5) is 14.3. The predicted molar refractivity (Wildman–Crippen MR) is 78.2 cm³/mol. The van der Waals surface area contributed by atoms with Gasteiger partial charge in [0.15, 0.2) is 0 Å². The zero-order valence-corrected chi connectivity index (χ0v) is 13.0. The molecule has 0 unspecified atom stereocenters. The zero-order chi connectivity index (χ0) is 15.7. The van der Waals surface area contributed by atoms with Crippen LogP contribution in [0.15, 0.2) is 12.3 Å². The lowest BCUT2D eigenvalue weighted by Crippen LogP contribution is -2.33. The third-order valence-electron chi connectivity index (χ3n) is 4.12. The summed E-state index contributed by atoms with van der Waals surface area (Å²) < 4.78 is 7.25. The van der Waals surface area contributed by atoms with E-state index in [1.165, 1.54) is 0 Å². The van der Waals surface area contributed by atoms with Gasteiger partial charge in [-0.1, -0.05) is 0 Å². The average Bonchev–Trinajstić information content (AvgIpc) is 3.19. The number of carbonyl (C=O) groups excluding carboxylic acids is 1. The largest absolute Gasteiger partial charge is 0.379 e. The number of hydrogen-bond donors (Lipinski definition) is 1. The first-order chi connectivity index (χ1) is 10.6. The van der Waals surface area contributed by atoms with Crippen LogP contribution in [0.1, 0.15) is 23.0 Å². The topological polar surface area (TPSA) is 88.9 Å². The fraction of sp³-hybridized carbons (Fsp3) is 0.571. The van der Waals surface area contributed by atoms with Gasteiger partial charge in [0.1, 0.15) is 6.54 Å². The van der Waals surface area contributed by atoms with Crippen LogP contribution in [0.2, 0.25) is 0 Å². The Morgan fingerprint density at radius 2 is 2.27 bits per heavy atom. The summed E-state index contributed by atoms with van der Waals surface area (Å²) in [7, 11) is 1.66. The van der Waals surface area contributed by atoms with E-state index in [9.17, 15) is 4.79 Å². The summed E-state index contributed by atoms with van der Waals surface area (Å²) in [5.74, 6) is 0.0902. The van der Waals surface area contributed by atoms with Gasteiger partial charge in [0.05, 0.1) is 29.6 Å². The van der Waals surface area contributed by atoms with Crippen molar-refractivity contribution in [3.05, 3.63) is 29.3 Å². The molecule has 0 radical (unpaired) electrons. The second-order valence-corrected chi connectivity index (χ2v) is 5.66. The van der Waals surface area contributed by atoms with Crippen LogP contribution in [0, 0.1) is 13.8 Å². The van der Waals surface area contributed by atoms with Gasteiger partial charge < -0.3 is 9.64 Å². The number of likely N-dealkylation sites (tertiary alicyclic amines) is 1. The van der Waals surface area contributed by atoms with Gasteiger partial charge in [-0.3, -0.25) is 9.48 Å². The number of nitrogens with one attached hydrogen (secondary N) is 1. The van der Waals surface area contributed by atoms with E-state index >= 15 is 0 Å². The SMILES string of the molecule is CO[C@@H]1CN(C(=O)Cn2nc(C)cc2C)C[C@H]1c1cn[nH]n1. The minimum atomic E-state index is -0.0606. The van der Waals surface area contributed by atoms with Crippen molar-refractivity contribution in [1.29, 1.82) is 0 Å². The third-order valence-corrected chi connectivity index (χ3v) is 4.12. The summed E-state index contributed by atoms with van der Waals surface area (Å²) in [5.41, 5.74) is 2.73. The predicted octanol–water partition coefficient (Wildman–Crippen LogP) is 0.259. The molecule has 0 saturated carbocycles. The van der Waals surface area contributed by atoms with E-state index in [4.69, 9.17) is 4.74 Å². The molecule has 118 valence electrons. The molecule has 2 atom stereocenters. The van der Waals surface area contributed by atoms with Crippen molar-refractivity contribution >= 4 is 5.91 Å². The molecular formula is C14H20N6O2. The highest BCUT2D eigenvalue weighted by Gasteiger charge is 2.37. The number of nitrogens with zero attached hydrogens (tertiary/aromatic N) is 5. The first kappa shape index (κ1) is 14.7. The number of methoxy groups -OCH3 is 1. The van der Waals surface area contributed by atoms with Crippen molar-refractivity contribution in [2.24, 2.45) is 0 Å². The van der Waals surface area contributed by atoms with Crippen LogP contribution < -0.4 is 0 Å². The molecule has 1 amide bonds. The highest BCUT2D eigenvalue weighted by atomic mass is 16.5. The van der Waals surface area contributed by atoms with E-state index < -0.39 is 0 Å². The molecule has 3 rings (SSSR count). The number of rotatable bonds is 4. The molecule has 8 nitrogen and oxygen atoms in total. The smallest absolute Gasteiger partial charge is 0.244 e. The van der Waals surface area contributed by atoms with Gasteiger partial charge in [-0.25, -0.2) is 0 Å². The van der Waals surface area contributed by atoms with E-state index in [1.807, 2.05) is 24.8 Å². The maximum absolute atomic E-state index is 12.5. The summed E-state index contributed by atoms with van der Waals surface area (Å²) in [6.07, 6.45) is 1.63. The second-order valence-electron chi connectivity index (χ2n) is 5.66. The van der Waals surface area contributed by atoms with Gasteiger partial charge in [0, 0.05) is 25.9 Å². The van der Waals surface area contributed by atoms with E-state index in [0.717, 1.165) is 17.1 Å². The molecule has 1 aliphatic rings. The summed E-state index contributed by atoms with van der Waals surface area (Å²) in [6.45, 7) is 5.27. The Balaban J connectivity index is 1.70. The monoisotopic (exact) mass is 304 g/mol. The van der Waals surface area contributed by atoms with Gasteiger partial charge in [0.25, 0.3) is 0 Å². The minimum Gasteiger partial charge on any atom is -0.379 e. The number of H-pyrrole nitrogens is 1. The normalized spacial score (nSPS) is 21.5. The Morgan fingerprint density at radius 3 is 2.86 bits per heavy atom. The molecule has 2 aromatic heterocycles. The van der Waals surface area contributed by atoms with E-state index in [2.05, 4.69) is 20.5 Å². The molecule has 8 heteroatoms. The average molecular weight is 304 g/mol. The number of aryl methyl sites for hydroxylation is 2. The number of carbonyl (C=O) groups is 1. The fourth-order valence-corrected chi connectivity index (χ4v) is 2.95. The maximum atomic E-state index is 12.5. The highest BCUT2D eigenvalue weighted by Crippen LogP contribution is 2.28. The quantitative estimate of drug-likeness (QED) is 0.875. The Kier molecular flexibility index (Phi) is 3.93. The lowest BCUT2D eigenvalue weighted by Gasteiger charge is -2.16. The number of hydrogen-bond acceptors (Lipinski definition) is 5. The minimum absolute atomic E-state index is 0.0410. The van der Waals surface area contributed by atoms with Crippen molar-refractivity contribution in [3.63, 3.8) is 0 Å². The number of aromatic nitrogens is 5. The molecule has 1 N–H and O–H groups in total. The van der Waals surface area contributed by atoms with Crippen LogP contribution in [0.5, 0.6) is 0 Å². The molecule has 1 fully saturated rings. The third kappa shape index (κ3) is 2.74. The van der Waals surface area contributed by atoms with Crippen molar-refractivity contribution in [2.45, 2.75) is 32.4 Å². The first-order valence-corrected chi connectivity index (χ1v) is 7.25. The molecule has 0 spiro atoms. The highest BCUT2D eigenvalue weighted by molar-refractivity contribution is 5.76. The number of amides is 1. The number of aromatic amines is 1. The molecule has 1 aliphatic heterocycles. The van der Waals surface area contributed by atoms with Crippen LogP contribution in [0.3, 0.4) is 0 Å². The van der Waals surface area contributed by atoms with Crippen LogP contribution >= 0.6 is 0 Å². The zero-order valence-electron chi connectivity index (χ0n) is 13.0. The van der Waals surface area contributed by atoms with Crippen molar-refractivity contribution in [3.8, 4) is 0 Å². The lowest BCUT2D eigenvalue weighted by molar-refractivity contribution is -0.131. The van der Waals surface area contributed by atoms with Crippen LogP contribution in [-0.4, -0.2) is 62.3 Å². The molecule has 3 heterocycles. The molecule has 22 heavy (non-hydrogen) atoms. The van der Waals surface area contributed by atoms with Gasteiger partial charge in [-0.05, 0) is 19.9 Å². The summed E-state index contributed by atoms with van der Waals surface area (Å²) in [5, 5.41) is 14.9. The lowest BCUT2D eigenvalue weighted by atomic mass is 10.0. The van der Waals surface area contributed by atoms with Crippen molar-refractivity contribution in [2.75, 3.05) is 20.2 Å². The standard InChI is InChI=1S/C14H20N6O2/c1-9-4-10(2)20(17-9)8-14(21)19-6-11(13(7-19)22-3)12-5-15-18-16-12/h4-5,11,13H,6-8H2,1-3H3,(H,15,16,18)/t11-,13+/m0/s1. The maximum Gasteiger partial charge on any atom is 0.244 e. The molecular weight excluding hydrogens is 284 g/mol. The fourth-order valence-electron chi connectivity index (χ4n) is 2.95. The van der Waals surface area contributed by atoms with E-state index in [-0.39, 0.29) is 24.5 Å². The van der Waals surface area contributed by atoms with Crippen LogP contribution in [-0.2, 0) is 16.1 Å². The Morgan fingerprint density at radius 1 is 1.45 bits per heavy atom. The molecule has 0 aromatic carbocycles. The Bertz CT molecular complexity index is 650. The van der Waals surface area contributed by atoms with Gasteiger partial charge in [0.2, 0.25) is 5.91 Å². The van der Waals surface area contributed by atoms with Crippen molar-refractivity contribution in [1.82, 2.24) is 30.1 Å². The Hall–Kier alpha value is -2.22. The van der Waals surface area contributed by atoms with E-state index in [1.54, 1.807) is 18.0 Å². The molecule has 0 aliphatic carbocycles. The van der Waals surface area contributed by atoms with Gasteiger partial charge >= 0.3 is 0 Å². The Labute approximate surface area is 128 Å². The van der Waals surface area contributed by atoms with Crippen molar-refractivity contribution < 1.29 is 9.53 Å². The summed E-state index contributed by atoms with van der Waals surface area (Å²) in [6, 6.07) is 1.97. The van der Waals surface area contributed by atoms with Crippen LogP contribution in [0.25, 0.3) is 0 Å². The molecule has 2 aromatic rings. The molecule has 1 saturated heterocycles. The molecule has 0 bridgehead atoms. The summed E-state index contributed by atoms with van der Waals surface area (Å²) >= 11 is 0. The van der Waals surface area contributed by atoms with E-state index in [0.29, 0.717) is 13.1 Å². The second kappa shape index (κ2) is 5.88. The van der Waals surface area contributed by atoms with Gasteiger partial charge in [-0.15, -0.1) is 0 Å².